The van der Waals surface area contributed by atoms with Crippen LogP contribution in [0.15, 0.2) is 55.0 Å². The Bertz CT molecular complexity index is 1180. The van der Waals surface area contributed by atoms with Gasteiger partial charge in [-0.15, -0.1) is 0 Å². The van der Waals surface area contributed by atoms with Crippen LogP contribution in [-0.4, -0.2) is 40.0 Å². The Balaban J connectivity index is 1.79. The topological polar surface area (TPSA) is 65.3 Å². The molecule has 0 N–H and O–H groups in total. The van der Waals surface area contributed by atoms with Crippen LogP contribution < -0.4 is 9.64 Å². The first-order valence-corrected chi connectivity index (χ1v) is 9.57. The van der Waals surface area contributed by atoms with Gasteiger partial charge in [0.2, 0.25) is 0 Å². The third-order valence-corrected chi connectivity index (χ3v) is 4.99. The summed E-state index contributed by atoms with van der Waals surface area (Å²) >= 11 is 6.43. The van der Waals surface area contributed by atoms with Crippen molar-refractivity contribution < 1.29 is 14.2 Å². The zero-order valence-electron chi connectivity index (χ0n) is 16.4. The fraction of sp³-hybridized carbons (Fsp3) is 0.190. The van der Waals surface area contributed by atoms with Crippen LogP contribution >= 0.6 is 11.6 Å². The highest BCUT2D eigenvalue weighted by molar-refractivity contribution is 6.33. The first-order valence-electron chi connectivity index (χ1n) is 9.19. The molecule has 2 heterocycles. The molecule has 154 valence electrons. The Hall–Kier alpha value is -3.23. The van der Waals surface area contributed by atoms with Gasteiger partial charge in [0.05, 0.1) is 53.5 Å². The first kappa shape index (κ1) is 20.1. The van der Waals surface area contributed by atoms with Crippen molar-refractivity contribution in [3.63, 3.8) is 0 Å². The molecular weight excluding hydrogens is 409 g/mol. The summed E-state index contributed by atoms with van der Waals surface area (Å²) in [6.45, 7) is 0.109. The number of hydrogen-bond donors (Lipinski definition) is 0. The van der Waals surface area contributed by atoms with E-state index < -0.39 is 0 Å². The molecule has 0 aliphatic rings. The lowest BCUT2D eigenvalue weighted by atomic mass is 10.2. The number of fused-ring (bicyclic) bond motifs is 1. The van der Waals surface area contributed by atoms with Crippen molar-refractivity contribution in [2.75, 3.05) is 25.2 Å². The van der Waals surface area contributed by atoms with E-state index in [-0.39, 0.29) is 13.2 Å². The lowest BCUT2D eigenvalue weighted by Crippen LogP contribution is -2.22. The van der Waals surface area contributed by atoms with E-state index in [2.05, 4.69) is 15.0 Å². The molecule has 0 bridgehead atoms. The summed E-state index contributed by atoms with van der Waals surface area (Å²) in [5.74, 6) is 0.639. The zero-order valence-corrected chi connectivity index (χ0v) is 17.2. The molecule has 0 aliphatic carbocycles. The van der Waals surface area contributed by atoms with Crippen LogP contribution in [0, 0.1) is 0 Å². The van der Waals surface area contributed by atoms with Gasteiger partial charge in [-0.05, 0) is 34.9 Å². The maximum Gasteiger partial charge on any atom is 0.121 e. The number of anilines is 2. The minimum Gasteiger partial charge on any atom is -0.497 e. The average Bonchev–Trinajstić information content (AvgIpc) is 3.21. The average molecular weight is 428 g/mol. The number of halogens is 2. The van der Waals surface area contributed by atoms with Gasteiger partial charge in [-0.3, -0.25) is 9.67 Å². The molecule has 0 aliphatic heterocycles. The largest absolute Gasteiger partial charge is 0.497 e. The lowest BCUT2D eigenvalue weighted by Gasteiger charge is -2.26. The van der Waals surface area contributed by atoms with E-state index in [1.807, 2.05) is 36.3 Å². The van der Waals surface area contributed by atoms with Crippen molar-refractivity contribution in [3.05, 3.63) is 60.0 Å². The molecule has 2 aromatic carbocycles. The van der Waals surface area contributed by atoms with Gasteiger partial charge < -0.3 is 9.64 Å². The standard InChI is InChI=1S/C21H19ClFN5O2/c1-27-13-14(11-25-27)20-12-24-18-6-3-15(9-19(18)26-20)28(7-8-30-23)21-10-16(29-2)4-5-17(21)22/h3-6,9-13H,7-8H2,1-2H3. The normalized spacial score (nSPS) is 11.1. The van der Waals surface area contributed by atoms with Crippen LogP contribution in [0.2, 0.25) is 5.02 Å². The Morgan fingerprint density at radius 2 is 2.00 bits per heavy atom. The first-order chi connectivity index (χ1) is 14.6. The Morgan fingerprint density at radius 1 is 1.13 bits per heavy atom. The van der Waals surface area contributed by atoms with Crippen molar-refractivity contribution in [2.24, 2.45) is 7.05 Å². The molecule has 4 rings (SSSR count). The zero-order chi connectivity index (χ0) is 21.1. The number of methoxy groups -OCH3 is 1. The predicted molar refractivity (Wildman–Crippen MR) is 114 cm³/mol. The highest BCUT2D eigenvalue weighted by Gasteiger charge is 2.16. The van der Waals surface area contributed by atoms with Gasteiger partial charge in [0, 0.05) is 30.6 Å². The molecule has 0 atom stereocenters. The second-order valence-electron chi connectivity index (χ2n) is 6.61. The van der Waals surface area contributed by atoms with Gasteiger partial charge >= 0.3 is 0 Å². The van der Waals surface area contributed by atoms with Crippen LogP contribution in [0.4, 0.5) is 15.9 Å². The van der Waals surface area contributed by atoms with Gasteiger partial charge in [-0.1, -0.05) is 11.6 Å². The number of aromatic nitrogens is 4. The van der Waals surface area contributed by atoms with E-state index in [1.165, 1.54) is 0 Å². The van der Waals surface area contributed by atoms with Gasteiger partial charge in [0.25, 0.3) is 0 Å². The molecule has 0 unspecified atom stereocenters. The van der Waals surface area contributed by atoms with Gasteiger partial charge in [-0.25, -0.2) is 4.98 Å². The van der Waals surface area contributed by atoms with E-state index in [0.717, 1.165) is 16.8 Å². The van der Waals surface area contributed by atoms with Gasteiger partial charge in [0.1, 0.15) is 12.4 Å². The molecule has 7 nitrogen and oxygen atoms in total. The highest BCUT2D eigenvalue weighted by Crippen LogP contribution is 2.35. The number of benzene rings is 2. The molecule has 0 spiro atoms. The summed E-state index contributed by atoms with van der Waals surface area (Å²) in [4.78, 5) is 14.9. The van der Waals surface area contributed by atoms with Gasteiger partial charge in [0.15, 0.2) is 0 Å². The van der Waals surface area contributed by atoms with Crippen LogP contribution in [0.3, 0.4) is 0 Å². The molecule has 4 aromatic rings. The maximum atomic E-state index is 12.5. The summed E-state index contributed by atoms with van der Waals surface area (Å²) in [6.07, 6.45) is 5.33. The molecule has 9 heteroatoms. The van der Waals surface area contributed by atoms with Crippen LogP contribution in [-0.2, 0) is 12.0 Å². The summed E-state index contributed by atoms with van der Waals surface area (Å²) in [5, 5.41) is 4.69. The van der Waals surface area contributed by atoms with Crippen LogP contribution in [0.1, 0.15) is 0 Å². The quantitative estimate of drug-likeness (QED) is 0.424. The van der Waals surface area contributed by atoms with E-state index >= 15 is 0 Å². The minimum atomic E-state index is -0.132. The summed E-state index contributed by atoms with van der Waals surface area (Å²) in [6, 6.07) is 10.9. The Morgan fingerprint density at radius 3 is 2.73 bits per heavy atom. The lowest BCUT2D eigenvalue weighted by molar-refractivity contribution is -0.128. The van der Waals surface area contributed by atoms with E-state index in [9.17, 15) is 4.53 Å². The third-order valence-electron chi connectivity index (χ3n) is 4.67. The molecule has 30 heavy (non-hydrogen) atoms. The van der Waals surface area contributed by atoms with E-state index in [4.69, 9.17) is 21.3 Å². The Labute approximate surface area is 177 Å². The van der Waals surface area contributed by atoms with Crippen LogP contribution in [0.5, 0.6) is 5.75 Å². The fourth-order valence-corrected chi connectivity index (χ4v) is 3.42. The minimum absolute atomic E-state index is 0.132. The fourth-order valence-electron chi connectivity index (χ4n) is 3.20. The van der Waals surface area contributed by atoms with Crippen molar-refractivity contribution in [1.29, 1.82) is 0 Å². The molecule has 0 amide bonds. The smallest absolute Gasteiger partial charge is 0.121 e. The number of hydrogen-bond acceptors (Lipinski definition) is 6. The second kappa shape index (κ2) is 8.64. The number of nitrogens with zero attached hydrogens (tertiary/aromatic N) is 5. The van der Waals surface area contributed by atoms with Crippen molar-refractivity contribution in [3.8, 4) is 17.0 Å². The third kappa shape index (κ3) is 4.05. The van der Waals surface area contributed by atoms with Gasteiger partial charge in [-0.2, -0.15) is 10.0 Å². The number of rotatable bonds is 7. The Kier molecular flexibility index (Phi) is 5.78. The van der Waals surface area contributed by atoms with E-state index in [1.54, 1.807) is 42.4 Å². The summed E-state index contributed by atoms with van der Waals surface area (Å²) in [7, 11) is 3.42. The highest BCUT2D eigenvalue weighted by atomic mass is 35.5. The molecule has 0 saturated heterocycles. The molecule has 0 saturated carbocycles. The number of ether oxygens (including phenoxy) is 1. The SMILES string of the molecule is COc1ccc(Cl)c(N(CCOF)c2ccc3ncc(-c4cnn(C)c4)nc3c2)c1. The monoisotopic (exact) mass is 427 g/mol. The maximum absolute atomic E-state index is 12.5. The molecular formula is C21H19ClFN5O2. The molecule has 0 radical (unpaired) electrons. The van der Waals surface area contributed by atoms with Crippen molar-refractivity contribution in [2.45, 2.75) is 0 Å². The van der Waals surface area contributed by atoms with Crippen molar-refractivity contribution >= 4 is 34.0 Å². The summed E-state index contributed by atoms with van der Waals surface area (Å²) in [5.41, 5.74) is 4.46. The molecule has 0 fully saturated rings. The second-order valence-corrected chi connectivity index (χ2v) is 7.02. The number of aryl methyl sites for hydroxylation is 1. The molecule has 2 aromatic heterocycles. The van der Waals surface area contributed by atoms with Crippen molar-refractivity contribution in [1.82, 2.24) is 19.7 Å². The van der Waals surface area contributed by atoms with E-state index in [0.29, 0.717) is 27.7 Å². The van der Waals surface area contributed by atoms with Crippen LogP contribution in [0.25, 0.3) is 22.3 Å². The predicted octanol–water partition coefficient (Wildman–Crippen LogP) is 4.73. The summed E-state index contributed by atoms with van der Waals surface area (Å²) < 4.78 is 19.5.